The molecule has 8 aromatic rings. The van der Waals surface area contributed by atoms with Crippen LogP contribution in [0.25, 0.3) is 75.6 Å². The number of halogens is 1. The summed E-state index contributed by atoms with van der Waals surface area (Å²) in [5, 5.41) is 7.56. The predicted molar refractivity (Wildman–Crippen MR) is 169 cm³/mol. The first-order valence-electron chi connectivity index (χ1n) is 13.1. The molecule has 3 nitrogen and oxygen atoms in total. The second-order valence-corrected chi connectivity index (χ2v) is 11.2. The van der Waals surface area contributed by atoms with Crippen LogP contribution in [0.4, 0.5) is 0 Å². The van der Waals surface area contributed by atoms with Crippen LogP contribution in [-0.2, 0) is 0 Å². The highest BCUT2D eigenvalue weighted by Crippen LogP contribution is 2.42. The summed E-state index contributed by atoms with van der Waals surface area (Å²) in [4.78, 5) is 13.8. The molecule has 0 saturated heterocycles. The molecule has 40 heavy (non-hydrogen) atoms. The lowest BCUT2D eigenvalue weighted by atomic mass is 9.93. The van der Waals surface area contributed by atoms with Crippen LogP contribution in [-0.4, -0.2) is 15.0 Å². The molecular weight excluding hydrogens is 530 g/mol. The smallest absolute Gasteiger partial charge is 0.208 e. The van der Waals surface area contributed by atoms with Crippen molar-refractivity contribution in [1.29, 1.82) is 0 Å². The van der Waals surface area contributed by atoms with Gasteiger partial charge in [-0.05, 0) is 62.5 Å². The van der Waals surface area contributed by atoms with Gasteiger partial charge in [0.05, 0.1) is 0 Å². The number of nitrogens with zero attached hydrogens (tertiary/aromatic N) is 3. The highest BCUT2D eigenvalue weighted by molar-refractivity contribution is 7.26. The fourth-order valence-electron chi connectivity index (χ4n) is 5.66. The van der Waals surface area contributed by atoms with Gasteiger partial charge in [0.15, 0.2) is 11.6 Å². The molecule has 5 heteroatoms. The molecule has 0 aliphatic rings. The van der Waals surface area contributed by atoms with Crippen molar-refractivity contribution in [2.75, 3.05) is 0 Å². The largest absolute Gasteiger partial charge is 0.226 e. The van der Waals surface area contributed by atoms with E-state index in [4.69, 9.17) is 16.6 Å². The number of thiophene rings is 1. The van der Waals surface area contributed by atoms with Gasteiger partial charge in [0.25, 0.3) is 0 Å². The van der Waals surface area contributed by atoms with Gasteiger partial charge in [-0.1, -0.05) is 103 Å². The van der Waals surface area contributed by atoms with E-state index in [2.05, 4.69) is 101 Å². The van der Waals surface area contributed by atoms with E-state index < -0.39 is 0 Å². The van der Waals surface area contributed by atoms with Crippen LogP contribution in [0.15, 0.2) is 121 Å². The van der Waals surface area contributed by atoms with Gasteiger partial charge in [0.2, 0.25) is 5.28 Å². The Balaban J connectivity index is 1.33. The molecule has 0 spiro atoms. The standard InChI is InChI=1S/C35H20ClN3S/c36-35-38-33(21-9-2-1-3-10-21)37-34(39-35)28-15-8-16-30-32(28)27-18-17-23(20-31(27)40-30)29-19-22-11-4-5-12-24(22)25-13-6-7-14-26(25)29/h1-20H. The van der Waals surface area contributed by atoms with Gasteiger partial charge in [-0.3, -0.25) is 0 Å². The number of hydrogen-bond donors (Lipinski definition) is 0. The molecule has 0 bridgehead atoms. The van der Waals surface area contributed by atoms with E-state index in [0.29, 0.717) is 11.6 Å². The van der Waals surface area contributed by atoms with Gasteiger partial charge in [0.1, 0.15) is 0 Å². The first-order valence-corrected chi connectivity index (χ1v) is 14.3. The highest BCUT2D eigenvalue weighted by atomic mass is 35.5. The van der Waals surface area contributed by atoms with Gasteiger partial charge < -0.3 is 0 Å². The lowest BCUT2D eigenvalue weighted by Gasteiger charge is -2.11. The molecule has 188 valence electrons. The SMILES string of the molecule is Clc1nc(-c2ccccc2)nc(-c2cccc3sc4cc(-c5cc6ccccc6c6ccccc56)ccc4c23)n1. The van der Waals surface area contributed by atoms with Crippen molar-refractivity contribution in [3.05, 3.63) is 127 Å². The molecule has 0 aliphatic heterocycles. The maximum absolute atomic E-state index is 6.41. The normalized spacial score (nSPS) is 11.6. The van der Waals surface area contributed by atoms with Crippen LogP contribution in [0.1, 0.15) is 0 Å². The second-order valence-electron chi connectivity index (χ2n) is 9.80. The van der Waals surface area contributed by atoms with E-state index in [1.807, 2.05) is 30.3 Å². The van der Waals surface area contributed by atoms with Crippen molar-refractivity contribution in [3.63, 3.8) is 0 Å². The van der Waals surface area contributed by atoms with Crippen LogP contribution in [0.2, 0.25) is 5.28 Å². The molecular formula is C35H20ClN3S. The topological polar surface area (TPSA) is 38.7 Å². The zero-order valence-corrected chi connectivity index (χ0v) is 22.7. The molecule has 0 radical (unpaired) electrons. The van der Waals surface area contributed by atoms with E-state index in [-0.39, 0.29) is 5.28 Å². The summed E-state index contributed by atoms with van der Waals surface area (Å²) in [6.07, 6.45) is 0. The summed E-state index contributed by atoms with van der Waals surface area (Å²) >= 11 is 8.20. The molecule has 0 amide bonds. The quantitative estimate of drug-likeness (QED) is 0.206. The van der Waals surface area contributed by atoms with Crippen molar-refractivity contribution < 1.29 is 0 Å². The fraction of sp³-hybridized carbons (Fsp3) is 0. The van der Waals surface area contributed by atoms with Gasteiger partial charge >= 0.3 is 0 Å². The van der Waals surface area contributed by atoms with Crippen LogP contribution in [0.3, 0.4) is 0 Å². The summed E-state index contributed by atoms with van der Waals surface area (Å²) in [5.41, 5.74) is 4.31. The summed E-state index contributed by atoms with van der Waals surface area (Å²) < 4.78 is 2.41. The minimum Gasteiger partial charge on any atom is -0.208 e. The van der Waals surface area contributed by atoms with E-state index >= 15 is 0 Å². The third-order valence-electron chi connectivity index (χ3n) is 7.46. The lowest BCUT2D eigenvalue weighted by molar-refractivity contribution is 1.07. The van der Waals surface area contributed by atoms with Crippen molar-refractivity contribution in [1.82, 2.24) is 15.0 Å². The molecule has 0 aliphatic carbocycles. The Kier molecular flexibility index (Phi) is 5.37. The molecule has 6 aromatic carbocycles. The minimum absolute atomic E-state index is 0.186. The Morgan fingerprint density at radius 1 is 0.475 bits per heavy atom. The highest BCUT2D eigenvalue weighted by Gasteiger charge is 2.17. The van der Waals surface area contributed by atoms with Crippen molar-refractivity contribution >= 4 is 64.7 Å². The average Bonchev–Trinajstić information content (AvgIpc) is 3.39. The van der Waals surface area contributed by atoms with E-state index in [1.165, 1.54) is 47.5 Å². The molecule has 0 N–H and O–H groups in total. The van der Waals surface area contributed by atoms with Gasteiger partial charge in [-0.15, -0.1) is 11.3 Å². The molecule has 0 unspecified atom stereocenters. The molecule has 0 fully saturated rings. The lowest BCUT2D eigenvalue weighted by Crippen LogP contribution is -1.97. The third-order valence-corrected chi connectivity index (χ3v) is 8.74. The van der Waals surface area contributed by atoms with E-state index in [0.717, 1.165) is 16.5 Å². The van der Waals surface area contributed by atoms with Gasteiger partial charge in [-0.2, -0.15) is 9.97 Å². The van der Waals surface area contributed by atoms with Crippen LogP contribution < -0.4 is 0 Å². The van der Waals surface area contributed by atoms with Gasteiger partial charge in [0, 0.05) is 31.3 Å². The monoisotopic (exact) mass is 549 g/mol. The number of benzene rings is 6. The molecule has 0 saturated carbocycles. The first kappa shape index (κ1) is 23.3. The summed E-state index contributed by atoms with van der Waals surface area (Å²) in [5.74, 6) is 1.14. The van der Waals surface area contributed by atoms with Gasteiger partial charge in [-0.25, -0.2) is 4.98 Å². The predicted octanol–water partition coefficient (Wildman–Crippen LogP) is 10.2. The average molecular weight is 550 g/mol. The minimum atomic E-state index is 0.186. The number of aromatic nitrogens is 3. The Morgan fingerprint density at radius 3 is 2.10 bits per heavy atom. The van der Waals surface area contributed by atoms with Crippen LogP contribution >= 0.6 is 22.9 Å². The summed E-state index contributed by atoms with van der Waals surface area (Å²) in [6.45, 7) is 0. The zero-order valence-electron chi connectivity index (χ0n) is 21.2. The number of hydrogen-bond acceptors (Lipinski definition) is 4. The maximum Gasteiger partial charge on any atom is 0.226 e. The van der Waals surface area contributed by atoms with E-state index in [1.54, 1.807) is 11.3 Å². The molecule has 2 aromatic heterocycles. The third kappa shape index (κ3) is 3.76. The maximum atomic E-state index is 6.41. The summed E-state index contributed by atoms with van der Waals surface area (Å²) in [6, 6.07) is 42.5. The Labute approximate surface area is 239 Å². The number of rotatable bonds is 3. The summed E-state index contributed by atoms with van der Waals surface area (Å²) in [7, 11) is 0. The van der Waals surface area contributed by atoms with E-state index in [9.17, 15) is 0 Å². The van der Waals surface area contributed by atoms with Crippen molar-refractivity contribution in [2.45, 2.75) is 0 Å². The zero-order chi connectivity index (χ0) is 26.6. The molecule has 2 heterocycles. The Hall–Kier alpha value is -4.64. The second kappa shape index (κ2) is 9.23. The van der Waals surface area contributed by atoms with Crippen LogP contribution in [0.5, 0.6) is 0 Å². The first-order chi connectivity index (χ1) is 19.7. The Morgan fingerprint density at radius 2 is 1.23 bits per heavy atom. The Bertz CT molecular complexity index is 2240. The fourth-order valence-corrected chi connectivity index (χ4v) is 6.99. The molecule has 0 atom stereocenters. The molecule has 8 rings (SSSR count). The number of fused-ring (bicyclic) bond motifs is 6. The van der Waals surface area contributed by atoms with Crippen LogP contribution in [0, 0.1) is 0 Å². The van der Waals surface area contributed by atoms with Crippen molar-refractivity contribution in [3.8, 4) is 33.9 Å². The van der Waals surface area contributed by atoms with Crippen molar-refractivity contribution in [2.24, 2.45) is 0 Å².